The molecule has 0 amide bonds. The minimum atomic E-state index is -0.321. The van der Waals surface area contributed by atoms with Gasteiger partial charge >= 0.3 is 5.97 Å². The van der Waals surface area contributed by atoms with Gasteiger partial charge in [-0.15, -0.1) is 0 Å². The zero-order valence-electron chi connectivity index (χ0n) is 16.5. The van der Waals surface area contributed by atoms with E-state index in [0.717, 1.165) is 13.1 Å². The molecule has 0 aliphatic heterocycles. The summed E-state index contributed by atoms with van der Waals surface area (Å²) in [6.07, 6.45) is 16.6. The van der Waals surface area contributed by atoms with E-state index < -0.39 is 0 Å². The maximum Gasteiger partial charge on any atom is 0.331 e. The average Bonchev–Trinajstić information content (AvgIpc) is 2.58. The summed E-state index contributed by atoms with van der Waals surface area (Å²) in [6.45, 7) is 12.0. The van der Waals surface area contributed by atoms with E-state index in [1.165, 1.54) is 83.1 Å². The lowest BCUT2D eigenvalue weighted by Gasteiger charge is -2.28. The molecule has 142 valence electrons. The van der Waals surface area contributed by atoms with Gasteiger partial charge in [-0.1, -0.05) is 84.6 Å². The molecule has 3 heteroatoms. The highest BCUT2D eigenvalue weighted by atomic mass is 16.6. The molecule has 0 N–H and O–H groups in total. The van der Waals surface area contributed by atoms with Crippen molar-refractivity contribution >= 4 is 5.97 Å². The summed E-state index contributed by atoms with van der Waals surface area (Å²) in [5.74, 6) is -0.321. The summed E-state index contributed by atoms with van der Waals surface area (Å²) in [5, 5.41) is 0. The van der Waals surface area contributed by atoms with Gasteiger partial charge in [0.2, 0.25) is 0 Å². The SMILES string of the molecule is C=CC(=O)OC(C)N(CCCCCCCC)CCCCCCCC. The van der Waals surface area contributed by atoms with Crippen molar-refractivity contribution < 1.29 is 9.53 Å². The third-order valence-electron chi connectivity index (χ3n) is 4.57. The first-order chi connectivity index (χ1) is 11.7. The average molecular weight is 340 g/mol. The molecule has 0 rings (SSSR count). The first-order valence-electron chi connectivity index (χ1n) is 10.2. The number of nitrogens with zero attached hydrogens (tertiary/aromatic N) is 1. The van der Waals surface area contributed by atoms with E-state index in [1.807, 2.05) is 6.92 Å². The fourth-order valence-corrected chi connectivity index (χ4v) is 2.96. The van der Waals surface area contributed by atoms with Crippen LogP contribution in [0.3, 0.4) is 0 Å². The Morgan fingerprint density at radius 3 is 1.71 bits per heavy atom. The van der Waals surface area contributed by atoms with Gasteiger partial charge in [-0.25, -0.2) is 4.79 Å². The largest absolute Gasteiger partial charge is 0.443 e. The van der Waals surface area contributed by atoms with Crippen molar-refractivity contribution in [3.8, 4) is 0 Å². The highest BCUT2D eigenvalue weighted by Gasteiger charge is 2.16. The Morgan fingerprint density at radius 1 is 0.875 bits per heavy atom. The lowest BCUT2D eigenvalue weighted by molar-refractivity contribution is -0.151. The van der Waals surface area contributed by atoms with Crippen molar-refractivity contribution in [3.63, 3.8) is 0 Å². The lowest BCUT2D eigenvalue weighted by atomic mass is 10.1. The standard InChI is InChI=1S/C21H41NO2/c1-5-8-10-12-14-16-18-22(20(4)24-21(23)7-3)19-17-15-13-11-9-6-2/h7,20H,3,5-6,8-19H2,1-2,4H3. The molecule has 3 nitrogen and oxygen atoms in total. The van der Waals surface area contributed by atoms with Crippen LogP contribution < -0.4 is 0 Å². The van der Waals surface area contributed by atoms with E-state index in [1.54, 1.807) is 0 Å². The molecule has 0 saturated heterocycles. The summed E-state index contributed by atoms with van der Waals surface area (Å²) in [4.78, 5) is 13.8. The van der Waals surface area contributed by atoms with E-state index in [0.29, 0.717) is 0 Å². The Bertz CT molecular complexity index is 288. The van der Waals surface area contributed by atoms with Crippen molar-refractivity contribution in [2.24, 2.45) is 0 Å². The van der Waals surface area contributed by atoms with E-state index in [2.05, 4.69) is 25.3 Å². The van der Waals surface area contributed by atoms with Crippen LogP contribution in [0.5, 0.6) is 0 Å². The quantitative estimate of drug-likeness (QED) is 0.139. The van der Waals surface area contributed by atoms with Crippen molar-refractivity contribution in [1.29, 1.82) is 0 Å². The van der Waals surface area contributed by atoms with E-state index >= 15 is 0 Å². The maximum absolute atomic E-state index is 11.5. The number of carbonyl (C=O) groups is 1. The molecule has 0 spiro atoms. The second-order valence-electron chi connectivity index (χ2n) is 6.81. The summed E-state index contributed by atoms with van der Waals surface area (Å²) in [6, 6.07) is 0. The van der Waals surface area contributed by atoms with Gasteiger partial charge in [-0.2, -0.15) is 0 Å². The summed E-state index contributed by atoms with van der Waals surface area (Å²) in [5.41, 5.74) is 0. The minimum absolute atomic E-state index is 0.151. The molecular weight excluding hydrogens is 298 g/mol. The van der Waals surface area contributed by atoms with Crippen LogP contribution >= 0.6 is 0 Å². The molecule has 0 aromatic rings. The van der Waals surface area contributed by atoms with Crippen LogP contribution in [0.4, 0.5) is 0 Å². The molecule has 1 unspecified atom stereocenters. The molecule has 1 atom stereocenters. The maximum atomic E-state index is 11.5. The molecule has 0 radical (unpaired) electrons. The second-order valence-corrected chi connectivity index (χ2v) is 6.81. The van der Waals surface area contributed by atoms with Crippen LogP contribution in [-0.4, -0.2) is 30.2 Å². The highest BCUT2D eigenvalue weighted by molar-refractivity contribution is 5.81. The first-order valence-corrected chi connectivity index (χ1v) is 10.2. The van der Waals surface area contributed by atoms with Crippen LogP contribution in [0.25, 0.3) is 0 Å². The van der Waals surface area contributed by atoms with Crippen molar-refractivity contribution in [3.05, 3.63) is 12.7 Å². The Kier molecular flexibility index (Phi) is 16.4. The second kappa shape index (κ2) is 17.0. The monoisotopic (exact) mass is 339 g/mol. The fraction of sp³-hybridized carbons (Fsp3) is 0.857. The molecular formula is C21H41NO2. The number of unbranched alkanes of at least 4 members (excludes halogenated alkanes) is 10. The normalized spacial score (nSPS) is 12.3. The molecule has 24 heavy (non-hydrogen) atoms. The Balaban J connectivity index is 4.08. The smallest absolute Gasteiger partial charge is 0.331 e. The topological polar surface area (TPSA) is 29.5 Å². The van der Waals surface area contributed by atoms with Crippen LogP contribution in [-0.2, 0) is 9.53 Å². The van der Waals surface area contributed by atoms with Gasteiger partial charge in [-0.05, 0) is 19.8 Å². The highest BCUT2D eigenvalue weighted by Crippen LogP contribution is 2.12. The fourth-order valence-electron chi connectivity index (χ4n) is 2.96. The molecule has 0 bridgehead atoms. The molecule has 0 aliphatic carbocycles. The summed E-state index contributed by atoms with van der Waals surface area (Å²) < 4.78 is 5.42. The number of ether oxygens (including phenoxy) is 1. The van der Waals surface area contributed by atoms with Gasteiger partial charge in [-0.3, -0.25) is 4.90 Å². The summed E-state index contributed by atoms with van der Waals surface area (Å²) >= 11 is 0. The van der Waals surface area contributed by atoms with Gasteiger partial charge < -0.3 is 4.74 Å². The number of esters is 1. The first kappa shape index (κ1) is 23.2. The van der Waals surface area contributed by atoms with Gasteiger partial charge in [0.25, 0.3) is 0 Å². The van der Waals surface area contributed by atoms with Crippen LogP contribution in [0.2, 0.25) is 0 Å². The molecule has 0 aliphatic rings. The lowest BCUT2D eigenvalue weighted by Crippen LogP contribution is -2.37. The van der Waals surface area contributed by atoms with Gasteiger partial charge in [0.15, 0.2) is 6.23 Å². The molecule has 0 aromatic carbocycles. The third kappa shape index (κ3) is 13.6. The number of rotatable bonds is 17. The Hall–Kier alpha value is -0.830. The summed E-state index contributed by atoms with van der Waals surface area (Å²) in [7, 11) is 0. The predicted octanol–water partition coefficient (Wildman–Crippen LogP) is 6.08. The van der Waals surface area contributed by atoms with E-state index in [4.69, 9.17) is 4.74 Å². The van der Waals surface area contributed by atoms with E-state index in [-0.39, 0.29) is 12.2 Å². The van der Waals surface area contributed by atoms with Crippen LogP contribution in [0, 0.1) is 0 Å². The van der Waals surface area contributed by atoms with Crippen molar-refractivity contribution in [2.75, 3.05) is 13.1 Å². The van der Waals surface area contributed by atoms with Gasteiger partial charge in [0, 0.05) is 19.2 Å². The van der Waals surface area contributed by atoms with Gasteiger partial charge in [0.05, 0.1) is 0 Å². The Morgan fingerprint density at radius 2 is 1.29 bits per heavy atom. The minimum Gasteiger partial charge on any atom is -0.443 e. The zero-order chi connectivity index (χ0) is 18.0. The van der Waals surface area contributed by atoms with Crippen LogP contribution in [0.1, 0.15) is 97.8 Å². The number of hydrogen-bond acceptors (Lipinski definition) is 3. The molecule has 0 saturated carbocycles. The van der Waals surface area contributed by atoms with Crippen molar-refractivity contribution in [1.82, 2.24) is 4.90 Å². The number of carbonyl (C=O) groups excluding carboxylic acids is 1. The molecule has 0 heterocycles. The predicted molar refractivity (Wildman–Crippen MR) is 104 cm³/mol. The van der Waals surface area contributed by atoms with Crippen LogP contribution in [0.15, 0.2) is 12.7 Å². The Labute approximate surface area is 150 Å². The molecule has 0 aromatic heterocycles. The van der Waals surface area contributed by atoms with E-state index in [9.17, 15) is 4.79 Å². The molecule has 0 fully saturated rings. The zero-order valence-corrected chi connectivity index (χ0v) is 16.5. The third-order valence-corrected chi connectivity index (χ3v) is 4.57. The van der Waals surface area contributed by atoms with Gasteiger partial charge in [0.1, 0.15) is 0 Å². The number of hydrogen-bond donors (Lipinski definition) is 0. The van der Waals surface area contributed by atoms with Crippen molar-refractivity contribution in [2.45, 2.75) is 104 Å².